The zero-order valence-corrected chi connectivity index (χ0v) is 16.0. The second kappa shape index (κ2) is 11.8. The van der Waals surface area contributed by atoms with Crippen molar-refractivity contribution in [2.45, 2.75) is 39.5 Å². The Balaban J connectivity index is 0.00000176. The van der Waals surface area contributed by atoms with Crippen LogP contribution in [0.15, 0.2) is 53.8 Å². The van der Waals surface area contributed by atoms with Crippen LogP contribution in [0.2, 0.25) is 0 Å². The number of hydrogen-bond donors (Lipinski definition) is 2. The molecule has 0 unspecified atom stereocenters. The molecule has 0 bridgehead atoms. The van der Waals surface area contributed by atoms with Crippen molar-refractivity contribution < 1.29 is 17.9 Å². The van der Waals surface area contributed by atoms with Gasteiger partial charge in [-0.25, -0.2) is 5.01 Å². The smallest absolute Gasteiger partial charge is 0.417 e. The molecule has 2 rings (SSSR count). The SMILES string of the molecule is CC.NC/C(=C(\C=C/CN(N)CC1CC1)OCc1ccccc1)C(F)(F)F. The highest BCUT2D eigenvalue weighted by Gasteiger charge is 2.35. The fourth-order valence-corrected chi connectivity index (χ4v) is 2.33. The molecule has 4 nitrogen and oxygen atoms in total. The van der Waals surface area contributed by atoms with E-state index in [1.54, 1.807) is 35.4 Å². The lowest BCUT2D eigenvalue weighted by atomic mass is 10.2. The Hall–Kier alpha value is -1.83. The van der Waals surface area contributed by atoms with E-state index < -0.39 is 18.3 Å². The molecule has 152 valence electrons. The zero-order valence-electron chi connectivity index (χ0n) is 16.0. The molecule has 0 radical (unpaired) electrons. The third-order valence-corrected chi connectivity index (χ3v) is 3.88. The van der Waals surface area contributed by atoms with Crippen LogP contribution in [0.4, 0.5) is 13.2 Å². The van der Waals surface area contributed by atoms with E-state index in [4.69, 9.17) is 16.3 Å². The Morgan fingerprint density at radius 3 is 2.37 bits per heavy atom. The second-order valence-corrected chi connectivity index (χ2v) is 6.12. The highest BCUT2D eigenvalue weighted by atomic mass is 19.4. The van der Waals surface area contributed by atoms with Crippen LogP contribution < -0.4 is 11.6 Å². The third-order valence-electron chi connectivity index (χ3n) is 3.88. The summed E-state index contributed by atoms with van der Waals surface area (Å²) in [5.74, 6) is 6.18. The maximum absolute atomic E-state index is 13.2. The van der Waals surface area contributed by atoms with E-state index in [0.717, 1.165) is 24.9 Å². The number of rotatable bonds is 9. The predicted octanol–water partition coefficient (Wildman–Crippen LogP) is 4.15. The number of allylic oxidation sites excluding steroid dienone is 1. The van der Waals surface area contributed by atoms with Crippen LogP contribution in [-0.2, 0) is 11.3 Å². The van der Waals surface area contributed by atoms with Crippen LogP contribution in [0.1, 0.15) is 32.3 Å². The summed E-state index contributed by atoms with van der Waals surface area (Å²) in [5, 5.41) is 1.60. The van der Waals surface area contributed by atoms with Crippen LogP contribution in [0.25, 0.3) is 0 Å². The summed E-state index contributed by atoms with van der Waals surface area (Å²) in [4.78, 5) is 0. The molecule has 1 aromatic rings. The average Bonchev–Trinajstić information content (AvgIpc) is 3.45. The van der Waals surface area contributed by atoms with Crippen LogP contribution in [0, 0.1) is 5.92 Å². The van der Waals surface area contributed by atoms with Gasteiger partial charge in [-0.1, -0.05) is 50.3 Å². The Bertz CT molecular complexity index is 596. The fraction of sp³-hybridized carbons (Fsp3) is 0.500. The molecule has 1 saturated carbocycles. The highest BCUT2D eigenvalue weighted by Crippen LogP contribution is 2.30. The van der Waals surface area contributed by atoms with Crippen LogP contribution in [0.3, 0.4) is 0 Å². The van der Waals surface area contributed by atoms with Crippen molar-refractivity contribution >= 4 is 0 Å². The lowest BCUT2D eigenvalue weighted by Gasteiger charge is -2.16. The van der Waals surface area contributed by atoms with Gasteiger partial charge in [-0.15, -0.1) is 0 Å². The molecule has 27 heavy (non-hydrogen) atoms. The number of nitrogens with two attached hydrogens (primary N) is 2. The molecule has 0 amide bonds. The fourth-order valence-electron chi connectivity index (χ4n) is 2.33. The summed E-state index contributed by atoms with van der Waals surface area (Å²) in [6.07, 6.45) is 0.666. The predicted molar refractivity (Wildman–Crippen MR) is 102 cm³/mol. The Morgan fingerprint density at radius 1 is 1.22 bits per heavy atom. The molecule has 0 atom stereocenters. The molecule has 0 saturated heterocycles. The molecule has 7 heteroatoms. The summed E-state index contributed by atoms with van der Waals surface area (Å²) in [7, 11) is 0. The summed E-state index contributed by atoms with van der Waals surface area (Å²) < 4.78 is 44.9. The highest BCUT2D eigenvalue weighted by molar-refractivity contribution is 5.26. The topological polar surface area (TPSA) is 64.5 Å². The number of hydrogen-bond acceptors (Lipinski definition) is 4. The van der Waals surface area contributed by atoms with Crippen molar-refractivity contribution in [1.82, 2.24) is 5.01 Å². The van der Waals surface area contributed by atoms with E-state index in [9.17, 15) is 13.2 Å². The number of alkyl halides is 3. The zero-order chi connectivity index (χ0) is 20.3. The maximum atomic E-state index is 13.2. The molecular weight excluding hydrogens is 355 g/mol. The Kier molecular flexibility index (Phi) is 10.1. The lowest BCUT2D eigenvalue weighted by Crippen LogP contribution is -2.33. The van der Waals surface area contributed by atoms with E-state index in [2.05, 4.69) is 0 Å². The monoisotopic (exact) mass is 385 g/mol. The second-order valence-electron chi connectivity index (χ2n) is 6.12. The van der Waals surface area contributed by atoms with Crippen molar-refractivity contribution in [2.24, 2.45) is 17.5 Å². The van der Waals surface area contributed by atoms with Crippen molar-refractivity contribution in [1.29, 1.82) is 0 Å². The summed E-state index contributed by atoms with van der Waals surface area (Å²) >= 11 is 0. The molecular formula is C20H30F3N3O. The van der Waals surface area contributed by atoms with Crippen LogP contribution in [0.5, 0.6) is 0 Å². The first-order valence-corrected chi connectivity index (χ1v) is 9.23. The van der Waals surface area contributed by atoms with Gasteiger partial charge >= 0.3 is 6.18 Å². The van der Waals surface area contributed by atoms with Crippen molar-refractivity contribution in [3.8, 4) is 0 Å². The van der Waals surface area contributed by atoms with Crippen LogP contribution >= 0.6 is 0 Å². The largest absolute Gasteiger partial charge is 0.489 e. The number of hydrazine groups is 1. The molecule has 1 aromatic carbocycles. The summed E-state index contributed by atoms with van der Waals surface area (Å²) in [6, 6.07) is 9.00. The van der Waals surface area contributed by atoms with Gasteiger partial charge in [0.05, 0.1) is 5.57 Å². The standard InChI is InChI=1S/C18H24F3N3O.C2H6/c19-18(20,21)16(11-22)17(25-13-15-5-2-1-3-6-15)7-4-10-24(23)12-14-8-9-14;1-2/h1-7,14H,8-13,22-23H2;1-2H3/b7-4-,17-16-;. The first-order valence-electron chi connectivity index (χ1n) is 9.23. The van der Waals surface area contributed by atoms with Gasteiger partial charge in [0.15, 0.2) is 0 Å². The molecule has 4 N–H and O–H groups in total. The first kappa shape index (κ1) is 23.2. The maximum Gasteiger partial charge on any atom is 0.417 e. The van der Waals surface area contributed by atoms with Gasteiger partial charge in [0.1, 0.15) is 12.4 Å². The Morgan fingerprint density at radius 2 is 1.85 bits per heavy atom. The van der Waals surface area contributed by atoms with Gasteiger partial charge in [0, 0.05) is 19.6 Å². The minimum Gasteiger partial charge on any atom is -0.489 e. The Labute approximate surface area is 159 Å². The molecule has 0 aliphatic heterocycles. The minimum absolute atomic E-state index is 0.0362. The quantitative estimate of drug-likeness (QED) is 0.290. The number of benzene rings is 1. The van der Waals surface area contributed by atoms with Crippen molar-refractivity contribution in [3.05, 3.63) is 59.4 Å². The molecule has 0 spiro atoms. The average molecular weight is 385 g/mol. The van der Waals surface area contributed by atoms with E-state index >= 15 is 0 Å². The number of ether oxygens (including phenoxy) is 1. The van der Waals surface area contributed by atoms with Gasteiger partial charge in [0.25, 0.3) is 0 Å². The lowest BCUT2D eigenvalue weighted by molar-refractivity contribution is -0.0956. The number of halogens is 3. The van der Waals surface area contributed by atoms with Crippen molar-refractivity contribution in [2.75, 3.05) is 19.6 Å². The summed E-state index contributed by atoms with van der Waals surface area (Å²) in [5.41, 5.74) is 5.20. The van der Waals surface area contributed by atoms with E-state index in [0.29, 0.717) is 12.5 Å². The molecule has 1 fully saturated rings. The van der Waals surface area contributed by atoms with Gasteiger partial charge in [-0.2, -0.15) is 13.2 Å². The summed E-state index contributed by atoms with van der Waals surface area (Å²) in [6.45, 7) is 4.49. The van der Waals surface area contributed by atoms with E-state index in [-0.39, 0.29) is 12.4 Å². The molecule has 0 aromatic heterocycles. The molecule has 0 heterocycles. The van der Waals surface area contributed by atoms with Crippen LogP contribution in [-0.4, -0.2) is 30.8 Å². The van der Waals surface area contributed by atoms with Gasteiger partial charge in [-0.05, 0) is 30.4 Å². The van der Waals surface area contributed by atoms with Gasteiger partial charge < -0.3 is 10.5 Å². The third kappa shape index (κ3) is 9.08. The van der Waals surface area contributed by atoms with Crippen molar-refractivity contribution in [3.63, 3.8) is 0 Å². The molecule has 1 aliphatic carbocycles. The van der Waals surface area contributed by atoms with Gasteiger partial charge in [0.2, 0.25) is 0 Å². The van der Waals surface area contributed by atoms with E-state index in [1.165, 1.54) is 6.08 Å². The first-order chi connectivity index (χ1) is 12.9. The van der Waals surface area contributed by atoms with Gasteiger partial charge in [-0.3, -0.25) is 5.84 Å². The minimum atomic E-state index is -4.54. The molecule has 1 aliphatic rings. The van der Waals surface area contributed by atoms with E-state index in [1.807, 2.05) is 19.9 Å². The normalized spacial score (nSPS) is 15.4. The number of nitrogens with zero attached hydrogens (tertiary/aromatic N) is 1.